The molecule has 1 N–H and O–H groups in total. The highest BCUT2D eigenvalue weighted by Crippen LogP contribution is 2.23. The topological polar surface area (TPSA) is 83.4 Å². The second-order valence-corrected chi connectivity index (χ2v) is 3.83. The lowest BCUT2D eigenvalue weighted by molar-refractivity contribution is -0.141. The summed E-state index contributed by atoms with van der Waals surface area (Å²) in [6, 6.07) is 0. The van der Waals surface area contributed by atoms with Crippen LogP contribution in [0.25, 0.3) is 0 Å². The third kappa shape index (κ3) is 1.96. The van der Waals surface area contributed by atoms with Gasteiger partial charge in [0.15, 0.2) is 5.82 Å². The largest absolute Gasteiger partial charge is 0.481 e. The van der Waals surface area contributed by atoms with Crippen molar-refractivity contribution in [1.82, 2.24) is 9.97 Å². The van der Waals surface area contributed by atoms with Crippen molar-refractivity contribution >= 4 is 29.3 Å². The number of rotatable bonds is 2. The Morgan fingerprint density at radius 2 is 2.31 bits per heavy atom. The van der Waals surface area contributed by atoms with Gasteiger partial charge >= 0.3 is 5.97 Å². The van der Waals surface area contributed by atoms with Gasteiger partial charge in [0.05, 0.1) is 18.3 Å². The summed E-state index contributed by atoms with van der Waals surface area (Å²) in [4.78, 5) is 31.3. The molecule has 1 aromatic rings. The summed E-state index contributed by atoms with van der Waals surface area (Å²) < 4.78 is 0. The van der Waals surface area contributed by atoms with Crippen molar-refractivity contribution in [3.63, 3.8) is 0 Å². The molecule has 1 aromatic heterocycles. The van der Waals surface area contributed by atoms with Crippen molar-refractivity contribution in [3.05, 3.63) is 17.5 Å². The molecule has 1 amide bonds. The van der Waals surface area contributed by atoms with Crippen molar-refractivity contribution in [1.29, 1.82) is 0 Å². The Balaban J connectivity index is 2.23. The summed E-state index contributed by atoms with van der Waals surface area (Å²) in [5.74, 6) is -1.65. The van der Waals surface area contributed by atoms with Crippen molar-refractivity contribution in [3.8, 4) is 0 Å². The number of carboxylic acids is 1. The van der Waals surface area contributed by atoms with Crippen LogP contribution in [0.5, 0.6) is 0 Å². The highest BCUT2D eigenvalue weighted by atomic mass is 35.5. The average Bonchev–Trinajstić information content (AvgIpc) is 2.60. The minimum atomic E-state index is -0.981. The molecule has 0 saturated carbocycles. The summed E-state index contributed by atoms with van der Waals surface area (Å²) in [6.07, 6.45) is 2.72. The summed E-state index contributed by atoms with van der Waals surface area (Å²) in [5.41, 5.74) is 0. The zero-order chi connectivity index (χ0) is 11.7. The molecule has 1 saturated heterocycles. The first-order valence-electron chi connectivity index (χ1n) is 4.58. The number of hydrogen-bond donors (Lipinski definition) is 1. The maximum Gasteiger partial charge on any atom is 0.308 e. The number of carbonyl (C=O) groups is 2. The van der Waals surface area contributed by atoms with Gasteiger partial charge in [-0.3, -0.25) is 19.5 Å². The fourth-order valence-corrected chi connectivity index (χ4v) is 1.70. The van der Waals surface area contributed by atoms with E-state index in [1.807, 2.05) is 0 Å². The summed E-state index contributed by atoms with van der Waals surface area (Å²) in [7, 11) is 0. The first-order valence-corrected chi connectivity index (χ1v) is 4.96. The van der Waals surface area contributed by atoms with Crippen molar-refractivity contribution in [2.45, 2.75) is 6.42 Å². The fraction of sp³-hybridized carbons (Fsp3) is 0.333. The van der Waals surface area contributed by atoms with Gasteiger partial charge in [0.25, 0.3) is 0 Å². The number of aromatic nitrogens is 2. The van der Waals surface area contributed by atoms with Crippen LogP contribution in [0.15, 0.2) is 12.4 Å². The number of aliphatic carboxylic acids is 1. The van der Waals surface area contributed by atoms with E-state index in [0.29, 0.717) is 5.82 Å². The predicted molar refractivity (Wildman–Crippen MR) is 55.1 cm³/mol. The molecule has 0 aliphatic carbocycles. The van der Waals surface area contributed by atoms with E-state index in [1.54, 1.807) is 0 Å². The van der Waals surface area contributed by atoms with Gasteiger partial charge in [0.1, 0.15) is 5.15 Å². The Morgan fingerprint density at radius 3 is 2.88 bits per heavy atom. The van der Waals surface area contributed by atoms with Gasteiger partial charge in [-0.05, 0) is 0 Å². The standard InChI is InChI=1S/C9H8ClN3O3/c10-6-2-11-3-7(12-6)13-4-5(9(15)16)1-8(13)14/h2-3,5H,1,4H2,(H,15,16). The Bertz CT molecular complexity index is 451. The minimum absolute atomic E-state index is 0.0104. The molecule has 0 spiro atoms. The number of nitrogens with zero attached hydrogens (tertiary/aromatic N) is 3. The third-order valence-corrected chi connectivity index (χ3v) is 2.53. The van der Waals surface area contributed by atoms with E-state index >= 15 is 0 Å². The number of carboxylic acid groups (broad SMARTS) is 1. The van der Waals surface area contributed by atoms with Gasteiger partial charge in [-0.25, -0.2) is 4.98 Å². The van der Waals surface area contributed by atoms with Gasteiger partial charge in [-0.15, -0.1) is 0 Å². The second-order valence-electron chi connectivity index (χ2n) is 3.44. The zero-order valence-electron chi connectivity index (χ0n) is 8.13. The van der Waals surface area contributed by atoms with E-state index in [-0.39, 0.29) is 24.0 Å². The minimum Gasteiger partial charge on any atom is -0.481 e. The van der Waals surface area contributed by atoms with Crippen LogP contribution in [0.2, 0.25) is 5.15 Å². The SMILES string of the molecule is O=C(O)C1CC(=O)N(c2cncc(Cl)n2)C1. The zero-order valence-corrected chi connectivity index (χ0v) is 8.89. The van der Waals surface area contributed by atoms with E-state index in [0.717, 1.165) is 0 Å². The number of halogens is 1. The monoisotopic (exact) mass is 241 g/mol. The molecule has 2 rings (SSSR count). The summed E-state index contributed by atoms with van der Waals surface area (Å²) in [5, 5.41) is 8.98. The van der Waals surface area contributed by atoms with Crippen LogP contribution < -0.4 is 4.90 Å². The Kier molecular flexibility index (Phi) is 2.74. The Hall–Kier alpha value is -1.69. The van der Waals surface area contributed by atoms with E-state index in [2.05, 4.69) is 9.97 Å². The van der Waals surface area contributed by atoms with Gasteiger partial charge in [0, 0.05) is 13.0 Å². The molecule has 0 aromatic carbocycles. The second kappa shape index (κ2) is 4.05. The molecule has 1 unspecified atom stereocenters. The molecule has 1 aliphatic rings. The lowest BCUT2D eigenvalue weighted by atomic mass is 10.1. The molecular formula is C9H8ClN3O3. The highest BCUT2D eigenvalue weighted by molar-refractivity contribution is 6.29. The molecule has 1 fully saturated rings. The van der Waals surface area contributed by atoms with E-state index in [4.69, 9.17) is 16.7 Å². The quantitative estimate of drug-likeness (QED) is 0.818. The maximum absolute atomic E-state index is 11.6. The van der Waals surface area contributed by atoms with Crippen LogP contribution >= 0.6 is 11.6 Å². The molecule has 84 valence electrons. The smallest absolute Gasteiger partial charge is 0.308 e. The molecular weight excluding hydrogens is 234 g/mol. The van der Waals surface area contributed by atoms with E-state index < -0.39 is 11.9 Å². The molecule has 1 atom stereocenters. The molecule has 0 radical (unpaired) electrons. The molecule has 7 heteroatoms. The first kappa shape index (κ1) is 10.8. The Morgan fingerprint density at radius 1 is 1.56 bits per heavy atom. The highest BCUT2D eigenvalue weighted by Gasteiger charge is 2.35. The summed E-state index contributed by atoms with van der Waals surface area (Å²) in [6.45, 7) is 0.114. The normalized spacial score (nSPS) is 20.2. The van der Waals surface area contributed by atoms with E-state index in [1.165, 1.54) is 17.3 Å². The van der Waals surface area contributed by atoms with Gasteiger partial charge in [-0.2, -0.15) is 0 Å². The number of anilines is 1. The average molecular weight is 242 g/mol. The first-order chi connectivity index (χ1) is 7.58. The van der Waals surface area contributed by atoms with Gasteiger partial charge in [-0.1, -0.05) is 11.6 Å². The van der Waals surface area contributed by atoms with Crippen LogP contribution in [-0.2, 0) is 9.59 Å². The van der Waals surface area contributed by atoms with E-state index in [9.17, 15) is 9.59 Å². The summed E-state index contributed by atoms with van der Waals surface area (Å²) >= 11 is 5.64. The molecule has 2 heterocycles. The van der Waals surface area contributed by atoms with Crippen molar-refractivity contribution in [2.24, 2.45) is 5.92 Å². The van der Waals surface area contributed by atoms with Crippen molar-refractivity contribution in [2.75, 3.05) is 11.4 Å². The molecule has 0 bridgehead atoms. The molecule has 6 nitrogen and oxygen atoms in total. The van der Waals surface area contributed by atoms with Crippen LogP contribution in [0.4, 0.5) is 5.82 Å². The van der Waals surface area contributed by atoms with Gasteiger partial charge < -0.3 is 5.11 Å². The van der Waals surface area contributed by atoms with Crippen LogP contribution in [0, 0.1) is 5.92 Å². The van der Waals surface area contributed by atoms with Gasteiger partial charge in [0.2, 0.25) is 5.91 Å². The lowest BCUT2D eigenvalue weighted by Gasteiger charge is -2.13. The molecule has 16 heavy (non-hydrogen) atoms. The fourth-order valence-electron chi connectivity index (χ4n) is 1.56. The maximum atomic E-state index is 11.6. The lowest BCUT2D eigenvalue weighted by Crippen LogP contribution is -2.26. The van der Waals surface area contributed by atoms with Crippen LogP contribution in [0.3, 0.4) is 0 Å². The van der Waals surface area contributed by atoms with Crippen LogP contribution in [-0.4, -0.2) is 33.5 Å². The van der Waals surface area contributed by atoms with Crippen LogP contribution in [0.1, 0.15) is 6.42 Å². The number of amides is 1. The van der Waals surface area contributed by atoms with Crippen molar-refractivity contribution < 1.29 is 14.7 Å². The number of hydrogen-bond acceptors (Lipinski definition) is 4. The number of carbonyl (C=O) groups excluding carboxylic acids is 1. The Labute approximate surface area is 95.9 Å². The molecule has 1 aliphatic heterocycles. The third-order valence-electron chi connectivity index (χ3n) is 2.34. The predicted octanol–water partition coefficient (Wildman–Crippen LogP) is 0.568.